The van der Waals surface area contributed by atoms with Gasteiger partial charge in [-0.05, 0) is 6.07 Å². The van der Waals surface area contributed by atoms with E-state index < -0.39 is 58.9 Å². The zero-order valence-corrected chi connectivity index (χ0v) is 21.8. The minimum absolute atomic E-state index is 0.0194. The third-order valence-corrected chi connectivity index (χ3v) is 6.30. The number of methoxy groups -OCH3 is 3. The molecule has 0 saturated heterocycles. The van der Waals surface area contributed by atoms with Crippen LogP contribution in [0.5, 0.6) is 28.7 Å². The molecule has 0 aliphatic heterocycles. The van der Waals surface area contributed by atoms with Gasteiger partial charge < -0.3 is 38.7 Å². The molecule has 0 amide bonds. The molecule has 1 heterocycles. The van der Waals surface area contributed by atoms with Crippen LogP contribution in [0.2, 0.25) is 0 Å². The molecule has 0 saturated carbocycles. The van der Waals surface area contributed by atoms with Crippen molar-refractivity contribution in [1.82, 2.24) is 0 Å². The number of ether oxygens (including phenoxy) is 4. The highest BCUT2D eigenvalue weighted by molar-refractivity contribution is 5.94. The van der Waals surface area contributed by atoms with E-state index in [1.54, 1.807) is 42.5 Å². The number of hydrogen-bond donors (Lipinski definition) is 3. The standard InChI is InChI=1S/C29H26O11/c1-36-19-11-7-10-16(28(19)39-14-22(32)38-3)17(12-21(31)37-2)23-25(33)27(35)26(34)24-18(30)13-20(40-29(23)24)15-8-5-4-6-9-15/h4-11,13,17,33-35H,12,14H2,1-3H3/t17-/m0/s1. The molecule has 208 valence electrons. The lowest BCUT2D eigenvalue weighted by molar-refractivity contribution is -0.143. The normalized spacial score (nSPS) is 11.6. The molecule has 0 fully saturated rings. The summed E-state index contributed by atoms with van der Waals surface area (Å²) in [5, 5.41) is 32.0. The average Bonchev–Trinajstić information content (AvgIpc) is 2.97. The summed E-state index contributed by atoms with van der Waals surface area (Å²) in [5.41, 5.74) is -0.467. The Labute approximate surface area is 227 Å². The number of aromatic hydroxyl groups is 3. The summed E-state index contributed by atoms with van der Waals surface area (Å²) in [7, 11) is 3.72. The quantitative estimate of drug-likeness (QED) is 0.205. The first-order valence-corrected chi connectivity index (χ1v) is 11.9. The van der Waals surface area contributed by atoms with E-state index in [0.717, 1.165) is 6.07 Å². The summed E-state index contributed by atoms with van der Waals surface area (Å²) < 4.78 is 26.7. The summed E-state index contributed by atoms with van der Waals surface area (Å²) in [6.07, 6.45) is -0.440. The third kappa shape index (κ3) is 5.21. The van der Waals surface area contributed by atoms with Crippen LogP contribution in [0.15, 0.2) is 63.8 Å². The van der Waals surface area contributed by atoms with Crippen molar-refractivity contribution in [2.75, 3.05) is 27.9 Å². The van der Waals surface area contributed by atoms with Gasteiger partial charge in [-0.15, -0.1) is 0 Å². The second-order valence-electron chi connectivity index (χ2n) is 8.58. The molecule has 1 atom stereocenters. The van der Waals surface area contributed by atoms with E-state index >= 15 is 0 Å². The molecule has 0 spiro atoms. The summed E-state index contributed by atoms with van der Waals surface area (Å²) in [6.45, 7) is -0.518. The smallest absolute Gasteiger partial charge is 0.343 e. The SMILES string of the molecule is COC(=O)COc1c(OC)cccc1[C@H](CC(=O)OC)c1c(O)c(O)c(O)c2c(=O)cc(-c3ccccc3)oc12. The first kappa shape index (κ1) is 27.8. The Balaban J connectivity index is 2.08. The molecule has 4 aromatic rings. The van der Waals surface area contributed by atoms with Crippen molar-refractivity contribution in [3.8, 4) is 40.1 Å². The highest BCUT2D eigenvalue weighted by atomic mass is 16.6. The molecule has 1 aromatic heterocycles. The van der Waals surface area contributed by atoms with Gasteiger partial charge in [0.05, 0.1) is 27.8 Å². The predicted octanol–water partition coefficient (Wildman–Crippen LogP) is 3.83. The van der Waals surface area contributed by atoms with Crippen molar-refractivity contribution in [2.24, 2.45) is 0 Å². The van der Waals surface area contributed by atoms with Gasteiger partial charge in [-0.1, -0.05) is 42.5 Å². The number of benzene rings is 3. The maximum Gasteiger partial charge on any atom is 0.343 e. The van der Waals surface area contributed by atoms with Crippen LogP contribution in [-0.2, 0) is 19.1 Å². The fourth-order valence-corrected chi connectivity index (χ4v) is 4.37. The van der Waals surface area contributed by atoms with Gasteiger partial charge >= 0.3 is 11.9 Å². The topological polar surface area (TPSA) is 162 Å². The van der Waals surface area contributed by atoms with Gasteiger partial charge in [0.2, 0.25) is 5.75 Å². The Morgan fingerprint density at radius 3 is 2.23 bits per heavy atom. The van der Waals surface area contributed by atoms with Crippen LogP contribution in [0.1, 0.15) is 23.5 Å². The highest BCUT2D eigenvalue weighted by Gasteiger charge is 2.33. The highest BCUT2D eigenvalue weighted by Crippen LogP contribution is 2.51. The molecule has 0 aliphatic carbocycles. The van der Waals surface area contributed by atoms with E-state index in [1.807, 2.05) is 0 Å². The zero-order chi connectivity index (χ0) is 29.0. The summed E-state index contributed by atoms with van der Waals surface area (Å²) in [4.78, 5) is 37.7. The van der Waals surface area contributed by atoms with E-state index in [1.165, 1.54) is 27.4 Å². The number of para-hydroxylation sites is 1. The Morgan fingerprint density at radius 1 is 0.875 bits per heavy atom. The van der Waals surface area contributed by atoms with Crippen LogP contribution >= 0.6 is 0 Å². The van der Waals surface area contributed by atoms with E-state index in [-0.39, 0.29) is 34.0 Å². The zero-order valence-electron chi connectivity index (χ0n) is 21.8. The van der Waals surface area contributed by atoms with Crippen LogP contribution in [0.4, 0.5) is 0 Å². The fourth-order valence-electron chi connectivity index (χ4n) is 4.37. The minimum Gasteiger partial charge on any atom is -0.504 e. The number of rotatable bonds is 9. The molecule has 3 N–H and O–H groups in total. The maximum absolute atomic E-state index is 13.2. The van der Waals surface area contributed by atoms with Crippen LogP contribution in [0.3, 0.4) is 0 Å². The summed E-state index contributed by atoms with van der Waals surface area (Å²) in [5.74, 6) is -5.04. The second kappa shape index (κ2) is 11.7. The Morgan fingerprint density at radius 2 is 1.57 bits per heavy atom. The van der Waals surface area contributed by atoms with Gasteiger partial charge in [-0.2, -0.15) is 0 Å². The van der Waals surface area contributed by atoms with E-state index in [9.17, 15) is 29.7 Å². The minimum atomic E-state index is -1.20. The van der Waals surface area contributed by atoms with Crippen molar-refractivity contribution < 1.29 is 48.3 Å². The molecule has 3 aromatic carbocycles. The molecule has 0 aliphatic rings. The molecule has 0 radical (unpaired) electrons. The van der Waals surface area contributed by atoms with Gasteiger partial charge in [0, 0.05) is 28.7 Å². The first-order valence-electron chi connectivity index (χ1n) is 11.9. The Hall–Kier alpha value is -5.19. The number of hydrogen-bond acceptors (Lipinski definition) is 11. The second-order valence-corrected chi connectivity index (χ2v) is 8.58. The number of fused-ring (bicyclic) bond motifs is 1. The third-order valence-electron chi connectivity index (χ3n) is 6.30. The average molecular weight is 551 g/mol. The Kier molecular flexibility index (Phi) is 8.13. The van der Waals surface area contributed by atoms with Gasteiger partial charge in [-0.3, -0.25) is 9.59 Å². The number of phenols is 3. The summed E-state index contributed by atoms with van der Waals surface area (Å²) >= 11 is 0. The van der Waals surface area contributed by atoms with Crippen LogP contribution < -0.4 is 14.9 Å². The van der Waals surface area contributed by atoms with Crippen LogP contribution in [0, 0.1) is 0 Å². The molecule has 11 heteroatoms. The number of phenolic OH excluding ortho intramolecular Hbond substituents is 3. The predicted molar refractivity (Wildman–Crippen MR) is 142 cm³/mol. The monoisotopic (exact) mass is 550 g/mol. The number of carbonyl (C=O) groups excluding carboxylic acids is 2. The first-order chi connectivity index (χ1) is 19.2. The van der Waals surface area contributed by atoms with Crippen molar-refractivity contribution in [3.05, 3.63) is 75.9 Å². The van der Waals surface area contributed by atoms with Crippen molar-refractivity contribution in [2.45, 2.75) is 12.3 Å². The van der Waals surface area contributed by atoms with Gasteiger partial charge in [0.15, 0.2) is 35.0 Å². The van der Waals surface area contributed by atoms with Crippen molar-refractivity contribution in [1.29, 1.82) is 0 Å². The summed E-state index contributed by atoms with van der Waals surface area (Å²) in [6, 6.07) is 14.4. The number of carbonyl (C=O) groups is 2. The van der Waals surface area contributed by atoms with Crippen LogP contribution in [-0.4, -0.2) is 55.2 Å². The van der Waals surface area contributed by atoms with E-state index in [4.69, 9.17) is 18.6 Å². The molecule has 0 bridgehead atoms. The van der Waals surface area contributed by atoms with E-state index in [2.05, 4.69) is 4.74 Å². The van der Waals surface area contributed by atoms with Crippen molar-refractivity contribution in [3.63, 3.8) is 0 Å². The van der Waals surface area contributed by atoms with Gasteiger partial charge in [0.25, 0.3) is 0 Å². The van der Waals surface area contributed by atoms with Gasteiger partial charge in [0.1, 0.15) is 16.7 Å². The lowest BCUT2D eigenvalue weighted by atomic mass is 9.85. The maximum atomic E-state index is 13.2. The van der Waals surface area contributed by atoms with Gasteiger partial charge in [-0.25, -0.2) is 4.79 Å². The lowest BCUT2D eigenvalue weighted by Crippen LogP contribution is -2.17. The molecular weight excluding hydrogens is 524 g/mol. The van der Waals surface area contributed by atoms with E-state index in [0.29, 0.717) is 5.56 Å². The molecule has 0 unspecified atom stereocenters. The van der Waals surface area contributed by atoms with Crippen LogP contribution in [0.25, 0.3) is 22.3 Å². The largest absolute Gasteiger partial charge is 0.504 e. The lowest BCUT2D eigenvalue weighted by Gasteiger charge is -2.24. The fraction of sp³-hybridized carbons (Fsp3) is 0.207. The Bertz CT molecular complexity index is 1620. The number of esters is 2. The molecule has 4 rings (SSSR count). The molecule has 11 nitrogen and oxygen atoms in total. The molecular formula is C29H26O11. The molecule has 40 heavy (non-hydrogen) atoms. The van der Waals surface area contributed by atoms with Crippen molar-refractivity contribution >= 4 is 22.9 Å².